The summed E-state index contributed by atoms with van der Waals surface area (Å²) in [6, 6.07) is 16.0. The molecule has 0 bridgehead atoms. The molecule has 1 aliphatic carbocycles. The fourth-order valence-corrected chi connectivity index (χ4v) is 3.74. The van der Waals surface area contributed by atoms with Gasteiger partial charge < -0.3 is 20.5 Å². The van der Waals surface area contributed by atoms with E-state index in [9.17, 15) is 14.4 Å². The molecular weight excluding hydrogens is 408 g/mol. The lowest BCUT2D eigenvalue weighted by Gasteiger charge is -2.20. The molecule has 0 heterocycles. The number of rotatable bonds is 9. The first-order valence-electron chi connectivity index (χ1n) is 10.8. The number of alkyl carbamates (subject to hydrolysis) is 1. The molecule has 3 N–H and O–H groups in total. The van der Waals surface area contributed by atoms with Crippen molar-refractivity contribution >= 4 is 18.0 Å². The fraction of sp³-hybridized carbons (Fsp3) is 0.400. The first kappa shape index (κ1) is 23.3. The number of carbonyl (C=O) groups is 3. The summed E-state index contributed by atoms with van der Waals surface area (Å²) in [6.07, 6.45) is 0.0797. The van der Waals surface area contributed by atoms with E-state index in [1.165, 1.54) is 11.1 Å². The Morgan fingerprint density at radius 1 is 1.03 bits per heavy atom. The van der Waals surface area contributed by atoms with Gasteiger partial charge in [-0.25, -0.2) is 4.79 Å². The van der Waals surface area contributed by atoms with Gasteiger partial charge in [-0.3, -0.25) is 9.59 Å². The summed E-state index contributed by atoms with van der Waals surface area (Å²) in [6.45, 7) is 5.19. The van der Waals surface area contributed by atoms with E-state index in [1.54, 1.807) is 20.8 Å². The van der Waals surface area contributed by atoms with Crippen LogP contribution in [0.25, 0.3) is 11.1 Å². The Morgan fingerprint density at radius 3 is 2.16 bits per heavy atom. The van der Waals surface area contributed by atoms with E-state index in [4.69, 9.17) is 9.84 Å². The van der Waals surface area contributed by atoms with Crippen molar-refractivity contribution in [2.45, 2.75) is 45.6 Å². The zero-order chi connectivity index (χ0) is 23.3. The number of hydrogen-bond acceptors (Lipinski definition) is 4. The van der Waals surface area contributed by atoms with Gasteiger partial charge in [0.2, 0.25) is 5.91 Å². The SMILES string of the molecule is CC(CCC(=O)NCC(C)(C)C(=O)O)NC(=O)OCC1c2ccccc2-c2ccccc21. The van der Waals surface area contributed by atoms with Crippen LogP contribution in [0.15, 0.2) is 48.5 Å². The number of aliphatic carboxylic acids is 1. The molecule has 32 heavy (non-hydrogen) atoms. The van der Waals surface area contributed by atoms with Gasteiger partial charge >= 0.3 is 12.1 Å². The van der Waals surface area contributed by atoms with E-state index in [0.29, 0.717) is 6.42 Å². The predicted molar refractivity (Wildman–Crippen MR) is 121 cm³/mol. The number of hydrogen-bond donors (Lipinski definition) is 3. The second-order valence-electron chi connectivity index (χ2n) is 8.88. The molecule has 1 atom stereocenters. The standard InChI is InChI=1S/C25H30N2O5/c1-16(12-13-22(28)26-15-25(2,3)23(29)30)27-24(31)32-14-21-19-10-6-4-8-17(19)18-9-5-7-11-20(18)21/h4-11,16,21H,12-15H2,1-3H3,(H,26,28)(H,27,31)(H,29,30). The van der Waals surface area contributed by atoms with Gasteiger partial charge in [0.1, 0.15) is 6.61 Å². The van der Waals surface area contributed by atoms with E-state index in [1.807, 2.05) is 24.3 Å². The van der Waals surface area contributed by atoms with Crippen LogP contribution >= 0.6 is 0 Å². The van der Waals surface area contributed by atoms with Gasteiger partial charge in [0.15, 0.2) is 0 Å². The van der Waals surface area contributed by atoms with Gasteiger partial charge in [0.05, 0.1) is 5.41 Å². The first-order valence-corrected chi connectivity index (χ1v) is 10.8. The number of carboxylic acid groups (broad SMARTS) is 1. The van der Waals surface area contributed by atoms with E-state index < -0.39 is 17.5 Å². The van der Waals surface area contributed by atoms with Gasteiger partial charge in [-0.1, -0.05) is 48.5 Å². The number of carbonyl (C=O) groups excluding carboxylic acids is 2. The van der Waals surface area contributed by atoms with E-state index in [-0.39, 0.29) is 37.4 Å². The number of benzene rings is 2. The maximum absolute atomic E-state index is 12.3. The highest BCUT2D eigenvalue weighted by Crippen LogP contribution is 2.44. The van der Waals surface area contributed by atoms with E-state index in [0.717, 1.165) is 11.1 Å². The molecule has 0 aliphatic heterocycles. The Hall–Kier alpha value is -3.35. The van der Waals surface area contributed by atoms with Crippen molar-refractivity contribution in [3.63, 3.8) is 0 Å². The van der Waals surface area contributed by atoms with Crippen molar-refractivity contribution in [3.8, 4) is 11.1 Å². The normalized spacial score (nSPS) is 13.6. The molecule has 0 aromatic heterocycles. The molecule has 0 fully saturated rings. The maximum Gasteiger partial charge on any atom is 0.407 e. The minimum atomic E-state index is -1.03. The molecule has 2 amide bonds. The molecule has 7 heteroatoms. The van der Waals surface area contributed by atoms with Crippen molar-refractivity contribution in [2.75, 3.05) is 13.2 Å². The predicted octanol–water partition coefficient (Wildman–Crippen LogP) is 3.92. The summed E-state index contributed by atoms with van der Waals surface area (Å²) >= 11 is 0. The molecule has 170 valence electrons. The minimum absolute atomic E-state index is 0.00757. The number of amides is 2. The van der Waals surface area contributed by atoms with Crippen LogP contribution in [0.1, 0.15) is 50.7 Å². The van der Waals surface area contributed by atoms with Crippen LogP contribution in [-0.4, -0.2) is 42.3 Å². The molecule has 7 nitrogen and oxygen atoms in total. The summed E-state index contributed by atoms with van der Waals surface area (Å²) < 4.78 is 5.52. The van der Waals surface area contributed by atoms with Crippen molar-refractivity contribution in [2.24, 2.45) is 5.41 Å². The molecule has 2 aromatic carbocycles. The summed E-state index contributed by atoms with van der Waals surface area (Å²) in [4.78, 5) is 35.4. The minimum Gasteiger partial charge on any atom is -0.481 e. The van der Waals surface area contributed by atoms with Crippen LogP contribution in [-0.2, 0) is 14.3 Å². The van der Waals surface area contributed by atoms with Crippen LogP contribution in [0.2, 0.25) is 0 Å². The highest BCUT2D eigenvalue weighted by Gasteiger charge is 2.29. The van der Waals surface area contributed by atoms with Gasteiger partial charge in [-0.2, -0.15) is 0 Å². The molecule has 0 saturated carbocycles. The van der Waals surface area contributed by atoms with Crippen LogP contribution in [0.5, 0.6) is 0 Å². The number of nitrogens with one attached hydrogen (secondary N) is 2. The quantitative estimate of drug-likeness (QED) is 0.550. The van der Waals surface area contributed by atoms with Crippen molar-refractivity contribution < 1.29 is 24.2 Å². The van der Waals surface area contributed by atoms with Crippen molar-refractivity contribution in [1.82, 2.24) is 10.6 Å². The molecule has 0 spiro atoms. The number of carboxylic acids is 1. The smallest absolute Gasteiger partial charge is 0.407 e. The summed E-state index contributed by atoms with van der Waals surface area (Å²) in [5, 5.41) is 14.5. The zero-order valence-electron chi connectivity index (χ0n) is 18.7. The Labute approximate surface area is 188 Å². The molecule has 2 aromatic rings. The average molecular weight is 439 g/mol. The lowest BCUT2D eigenvalue weighted by atomic mass is 9.94. The number of ether oxygens (including phenoxy) is 1. The molecular formula is C25H30N2O5. The van der Waals surface area contributed by atoms with Crippen molar-refractivity contribution in [3.05, 3.63) is 59.7 Å². The van der Waals surface area contributed by atoms with E-state index >= 15 is 0 Å². The van der Waals surface area contributed by atoms with Crippen LogP contribution < -0.4 is 10.6 Å². The highest BCUT2D eigenvalue weighted by molar-refractivity contribution is 5.79. The summed E-state index contributed by atoms with van der Waals surface area (Å²) in [7, 11) is 0. The average Bonchev–Trinajstić information content (AvgIpc) is 3.08. The molecule has 1 unspecified atom stereocenters. The number of fused-ring (bicyclic) bond motifs is 3. The second-order valence-corrected chi connectivity index (χ2v) is 8.88. The van der Waals surface area contributed by atoms with Crippen LogP contribution in [0, 0.1) is 5.41 Å². The molecule has 3 rings (SSSR count). The Morgan fingerprint density at radius 2 is 1.59 bits per heavy atom. The first-order chi connectivity index (χ1) is 15.2. The van der Waals surface area contributed by atoms with Crippen LogP contribution in [0.4, 0.5) is 4.79 Å². The summed E-state index contributed by atoms with van der Waals surface area (Å²) in [5.41, 5.74) is 3.61. The Kier molecular flexibility index (Phi) is 7.18. The summed E-state index contributed by atoms with van der Waals surface area (Å²) in [5.74, 6) is -1.23. The lowest BCUT2D eigenvalue weighted by Crippen LogP contribution is -2.39. The van der Waals surface area contributed by atoms with E-state index in [2.05, 4.69) is 34.9 Å². The Bertz CT molecular complexity index is 956. The highest BCUT2D eigenvalue weighted by atomic mass is 16.5. The molecule has 0 saturated heterocycles. The van der Waals surface area contributed by atoms with Gasteiger partial charge in [0, 0.05) is 24.9 Å². The molecule has 0 radical (unpaired) electrons. The Balaban J connectivity index is 1.45. The second kappa shape index (κ2) is 9.85. The third-order valence-electron chi connectivity index (χ3n) is 5.82. The fourth-order valence-electron chi connectivity index (χ4n) is 3.74. The largest absolute Gasteiger partial charge is 0.481 e. The van der Waals surface area contributed by atoms with Crippen LogP contribution in [0.3, 0.4) is 0 Å². The lowest BCUT2D eigenvalue weighted by molar-refractivity contribution is -0.146. The van der Waals surface area contributed by atoms with Gasteiger partial charge in [-0.15, -0.1) is 0 Å². The third kappa shape index (κ3) is 5.46. The van der Waals surface area contributed by atoms with Gasteiger partial charge in [-0.05, 0) is 49.4 Å². The third-order valence-corrected chi connectivity index (χ3v) is 5.82. The topological polar surface area (TPSA) is 105 Å². The zero-order valence-corrected chi connectivity index (χ0v) is 18.7. The monoisotopic (exact) mass is 438 g/mol. The molecule has 1 aliphatic rings. The van der Waals surface area contributed by atoms with Crippen molar-refractivity contribution in [1.29, 1.82) is 0 Å². The van der Waals surface area contributed by atoms with Gasteiger partial charge in [0.25, 0.3) is 0 Å². The maximum atomic E-state index is 12.3.